The van der Waals surface area contributed by atoms with Gasteiger partial charge in [0.1, 0.15) is 17.2 Å². The molecule has 3 aromatic carbocycles. The smallest absolute Gasteiger partial charge is 0.191 e. The van der Waals surface area contributed by atoms with E-state index in [1.165, 1.54) is 12.1 Å². The lowest BCUT2D eigenvalue weighted by Gasteiger charge is -2.48. The number of hydrogen-bond acceptors (Lipinski definition) is 8. The van der Waals surface area contributed by atoms with Crippen LogP contribution in [0.1, 0.15) is 44.5 Å². The first kappa shape index (κ1) is 34.0. The number of rotatable bonds is 10. The van der Waals surface area contributed by atoms with Crippen LogP contribution in [0.5, 0.6) is 0 Å². The Hall–Kier alpha value is -4.42. The molecule has 0 spiro atoms. The van der Waals surface area contributed by atoms with Crippen molar-refractivity contribution in [3.8, 4) is 11.3 Å². The van der Waals surface area contributed by atoms with Crippen molar-refractivity contribution in [2.75, 3.05) is 36.5 Å². The molecule has 11 heteroatoms. The second-order valence-corrected chi connectivity index (χ2v) is 17.6. The Kier molecular flexibility index (Phi) is 9.58. The summed E-state index contributed by atoms with van der Waals surface area (Å²) in [7, 11) is 1.04. The van der Waals surface area contributed by atoms with E-state index in [0.29, 0.717) is 6.54 Å². The van der Waals surface area contributed by atoms with Gasteiger partial charge in [0.25, 0.3) is 0 Å². The number of thiazole rings is 1. The number of nitrogens with zero attached hydrogens (tertiary/aromatic N) is 6. The van der Waals surface area contributed by atoms with Crippen molar-refractivity contribution < 1.29 is 8.82 Å². The largest absolute Gasteiger partial charge is 0.408 e. The third-order valence-electron chi connectivity index (χ3n) is 9.21. The number of aryl methyl sites for hydroxylation is 1. The summed E-state index contributed by atoms with van der Waals surface area (Å²) in [4.78, 5) is 14.3. The Balaban J connectivity index is 1.25. The fourth-order valence-corrected chi connectivity index (χ4v) is 8.73. The number of anilines is 3. The van der Waals surface area contributed by atoms with Crippen LogP contribution < -0.4 is 15.1 Å². The van der Waals surface area contributed by atoms with Gasteiger partial charge in [0.2, 0.25) is 0 Å². The number of hydrogen-bond donors (Lipinski definition) is 1. The fraction of sp³-hybridized carbons (Fsp3) is 0.308. The zero-order valence-electron chi connectivity index (χ0n) is 29.3. The Bertz CT molecular complexity index is 2010. The molecule has 0 unspecified atom stereocenters. The number of benzene rings is 3. The average Bonchev–Trinajstić information content (AvgIpc) is 3.78. The summed E-state index contributed by atoms with van der Waals surface area (Å²) in [5, 5.41) is 12.1. The minimum Gasteiger partial charge on any atom is -0.408 e. The Morgan fingerprint density at radius 3 is 2.26 bits per heavy atom. The highest BCUT2D eigenvalue weighted by atomic mass is 32.1. The summed E-state index contributed by atoms with van der Waals surface area (Å²) in [5.41, 5.74) is 5.05. The first-order valence-corrected chi connectivity index (χ1v) is 19.4. The molecule has 0 saturated carbocycles. The maximum absolute atomic E-state index is 13.6. The fourth-order valence-electron chi connectivity index (χ4n) is 6.73. The van der Waals surface area contributed by atoms with Gasteiger partial charge in [0.15, 0.2) is 26.4 Å². The van der Waals surface area contributed by atoms with Crippen molar-refractivity contribution in [2.45, 2.75) is 50.8 Å². The van der Waals surface area contributed by atoms with Gasteiger partial charge in [-0.3, -0.25) is 0 Å². The summed E-state index contributed by atoms with van der Waals surface area (Å²) in [6.45, 7) is 11.2. The molecule has 7 rings (SSSR count). The van der Waals surface area contributed by atoms with E-state index >= 15 is 0 Å². The van der Waals surface area contributed by atoms with Gasteiger partial charge in [-0.05, 0) is 59.0 Å². The van der Waals surface area contributed by atoms with E-state index in [0.717, 1.165) is 70.0 Å². The normalized spacial score (nSPS) is 15.7. The molecule has 1 saturated heterocycles. The van der Waals surface area contributed by atoms with E-state index in [1.54, 1.807) is 23.5 Å². The van der Waals surface area contributed by atoms with Crippen molar-refractivity contribution in [1.29, 1.82) is 0 Å². The van der Waals surface area contributed by atoms with Crippen LogP contribution in [0.4, 0.5) is 21.2 Å². The molecule has 1 fully saturated rings. The first-order valence-electron chi connectivity index (χ1n) is 17.2. The average molecular weight is 706 g/mol. The summed E-state index contributed by atoms with van der Waals surface area (Å²) in [6, 6.07) is 31.9. The quantitative estimate of drug-likeness (QED) is 0.149. The van der Waals surface area contributed by atoms with Crippen LogP contribution in [0.15, 0.2) is 102 Å². The molecule has 8 nitrogen and oxygen atoms in total. The maximum Gasteiger partial charge on any atom is 0.191 e. The number of nitrogens with one attached hydrogen (secondary N) is 1. The SMILES string of the molecule is CCc1nc2ccc(N3CCN[C@H](C(O[SiH2]C(C)(C)C)(c4ccccc4)c4ccccc4)C3)nn2c1N(C)c1nc(-c2ccc(F)cc2)cs1. The molecule has 0 aliphatic carbocycles. The predicted octanol–water partition coefficient (Wildman–Crippen LogP) is 7.36. The van der Waals surface area contributed by atoms with E-state index in [2.05, 4.69) is 116 Å². The number of fused-ring (bicyclic) bond motifs is 1. The molecule has 258 valence electrons. The summed E-state index contributed by atoms with van der Waals surface area (Å²) in [6.07, 6.45) is 0.746. The van der Waals surface area contributed by atoms with E-state index in [9.17, 15) is 4.39 Å². The van der Waals surface area contributed by atoms with Gasteiger partial charge in [0.05, 0.1) is 17.4 Å². The number of piperazine rings is 1. The molecule has 0 bridgehead atoms. The molecule has 1 aliphatic heterocycles. The third kappa shape index (κ3) is 6.70. The van der Waals surface area contributed by atoms with Gasteiger partial charge >= 0.3 is 0 Å². The first-order chi connectivity index (χ1) is 24.2. The standard InChI is InChI=1S/C39H44FN7OSSi/c1-6-31-36(45(5)37-43-32(26-49-37)27-17-19-30(40)20-18-27)47-34(42-31)21-22-35(44-47)46-24-23-41-33(25-46)39(48-50-38(2,3)4,28-13-9-7-10-14-28)29-15-11-8-12-16-29/h7-22,26,33,41H,6,23-25,50H2,1-5H3/t33-/m0/s1. The highest BCUT2D eigenvalue weighted by Crippen LogP contribution is 2.41. The monoisotopic (exact) mass is 705 g/mol. The van der Waals surface area contributed by atoms with Gasteiger partial charge in [-0.15, -0.1) is 16.4 Å². The van der Waals surface area contributed by atoms with Crippen LogP contribution in [0.25, 0.3) is 16.9 Å². The van der Waals surface area contributed by atoms with E-state index in [1.807, 2.05) is 16.9 Å². The minimum atomic E-state index is -0.966. The zero-order valence-corrected chi connectivity index (χ0v) is 31.5. The molecular formula is C39H44FN7OSSi. The Morgan fingerprint density at radius 1 is 0.940 bits per heavy atom. The van der Waals surface area contributed by atoms with Gasteiger partial charge in [0, 0.05) is 37.6 Å². The molecule has 50 heavy (non-hydrogen) atoms. The lowest BCUT2D eigenvalue weighted by molar-refractivity contribution is 0.0621. The second-order valence-electron chi connectivity index (χ2n) is 14.0. The molecular weight excluding hydrogens is 662 g/mol. The van der Waals surface area contributed by atoms with Gasteiger partial charge in [-0.2, -0.15) is 4.52 Å². The van der Waals surface area contributed by atoms with Crippen LogP contribution in [0.2, 0.25) is 5.04 Å². The molecule has 1 N–H and O–H groups in total. The predicted molar refractivity (Wildman–Crippen MR) is 205 cm³/mol. The molecule has 3 aromatic heterocycles. The highest BCUT2D eigenvalue weighted by Gasteiger charge is 2.45. The van der Waals surface area contributed by atoms with Crippen molar-refractivity contribution in [2.24, 2.45) is 0 Å². The van der Waals surface area contributed by atoms with Crippen LogP contribution in [0.3, 0.4) is 0 Å². The van der Waals surface area contributed by atoms with Crippen LogP contribution in [-0.4, -0.2) is 62.1 Å². The highest BCUT2D eigenvalue weighted by molar-refractivity contribution is 7.14. The topological polar surface area (TPSA) is 70.8 Å². The van der Waals surface area contributed by atoms with Gasteiger partial charge < -0.3 is 19.5 Å². The van der Waals surface area contributed by atoms with E-state index in [4.69, 9.17) is 19.5 Å². The number of imidazole rings is 1. The van der Waals surface area contributed by atoms with Crippen molar-refractivity contribution >= 4 is 43.5 Å². The zero-order chi connectivity index (χ0) is 34.9. The van der Waals surface area contributed by atoms with Gasteiger partial charge in [-0.1, -0.05) is 88.4 Å². The van der Waals surface area contributed by atoms with Gasteiger partial charge in [-0.25, -0.2) is 14.4 Å². The van der Waals surface area contributed by atoms with Crippen molar-refractivity contribution in [3.05, 3.63) is 125 Å². The molecule has 0 radical (unpaired) electrons. The summed E-state index contributed by atoms with van der Waals surface area (Å²) < 4.78 is 22.8. The second kappa shape index (κ2) is 14.1. The van der Waals surface area contributed by atoms with Crippen LogP contribution in [-0.2, 0) is 16.4 Å². The lowest BCUT2D eigenvalue weighted by atomic mass is 9.79. The molecule has 4 heterocycles. The summed E-state index contributed by atoms with van der Waals surface area (Å²) in [5.74, 6) is 1.51. The Morgan fingerprint density at radius 2 is 1.62 bits per heavy atom. The summed E-state index contributed by atoms with van der Waals surface area (Å²) >= 11 is 1.54. The third-order valence-corrected chi connectivity index (χ3v) is 11.6. The van der Waals surface area contributed by atoms with Crippen molar-refractivity contribution in [3.63, 3.8) is 0 Å². The van der Waals surface area contributed by atoms with E-state index in [-0.39, 0.29) is 16.9 Å². The molecule has 6 aromatic rings. The number of aromatic nitrogens is 4. The van der Waals surface area contributed by atoms with Crippen LogP contribution >= 0.6 is 11.3 Å². The molecule has 0 amide bonds. The molecule has 1 aliphatic rings. The number of halogens is 1. The lowest BCUT2D eigenvalue weighted by Crippen LogP contribution is -2.62. The van der Waals surface area contributed by atoms with Crippen molar-refractivity contribution in [1.82, 2.24) is 24.9 Å². The Labute approximate surface area is 299 Å². The minimum absolute atomic E-state index is 0.0373. The molecule has 1 atom stereocenters. The van der Waals surface area contributed by atoms with E-state index < -0.39 is 15.4 Å². The maximum atomic E-state index is 13.6. The van der Waals surface area contributed by atoms with Crippen LogP contribution in [0, 0.1) is 5.82 Å².